The number of piperidine rings is 1. The lowest BCUT2D eigenvalue weighted by Crippen LogP contribution is -2.39. The zero-order valence-corrected chi connectivity index (χ0v) is 10.2. The summed E-state index contributed by atoms with van der Waals surface area (Å²) in [7, 11) is -3.32. The molecule has 16 heavy (non-hydrogen) atoms. The van der Waals surface area contributed by atoms with Crippen LogP contribution in [0.5, 0.6) is 0 Å². The molecule has 0 aliphatic carbocycles. The van der Waals surface area contributed by atoms with Crippen molar-refractivity contribution < 1.29 is 8.42 Å². The highest BCUT2D eigenvalue weighted by molar-refractivity contribution is 7.89. The molecule has 0 amide bonds. The molecule has 1 unspecified atom stereocenters. The first-order chi connectivity index (χ1) is 7.60. The molecule has 1 fully saturated rings. The zero-order chi connectivity index (χ0) is 11.6. The Morgan fingerprint density at radius 2 is 2.31 bits per heavy atom. The Labute approximate surface area is 96.4 Å². The minimum Gasteiger partial charge on any atom is -0.263 e. The molecule has 1 aromatic heterocycles. The summed E-state index contributed by atoms with van der Waals surface area (Å²) < 4.78 is 26.0. The average molecular weight is 240 g/mol. The van der Waals surface area contributed by atoms with Gasteiger partial charge in [-0.05, 0) is 30.9 Å². The lowest BCUT2D eigenvalue weighted by Gasteiger charge is -2.29. The molecule has 88 valence electrons. The smallest absolute Gasteiger partial charge is 0.244 e. The van der Waals surface area contributed by atoms with Gasteiger partial charge < -0.3 is 0 Å². The zero-order valence-electron chi connectivity index (χ0n) is 9.33. The number of pyridine rings is 1. The average Bonchev–Trinajstić information content (AvgIpc) is 2.30. The molecule has 0 N–H and O–H groups in total. The molecule has 2 rings (SSSR count). The topological polar surface area (TPSA) is 50.3 Å². The van der Waals surface area contributed by atoms with E-state index in [0.29, 0.717) is 23.9 Å². The van der Waals surface area contributed by atoms with E-state index in [9.17, 15) is 8.42 Å². The van der Waals surface area contributed by atoms with Gasteiger partial charge in [-0.2, -0.15) is 4.31 Å². The second kappa shape index (κ2) is 4.51. The second-order valence-electron chi connectivity index (χ2n) is 4.30. The number of aromatic nitrogens is 1. The molecule has 1 aliphatic heterocycles. The molecule has 0 aromatic carbocycles. The van der Waals surface area contributed by atoms with Crippen molar-refractivity contribution in [3.05, 3.63) is 24.5 Å². The first kappa shape index (κ1) is 11.5. The van der Waals surface area contributed by atoms with Crippen molar-refractivity contribution in [2.75, 3.05) is 13.1 Å². The maximum absolute atomic E-state index is 12.2. The van der Waals surface area contributed by atoms with Gasteiger partial charge in [0.05, 0.1) is 0 Å². The standard InChI is InChI=1S/C11H16N2O2S/c1-10-4-3-7-13(9-10)16(14,15)11-5-2-6-12-8-11/h2,5-6,8,10H,3-4,7,9H2,1H3. The summed E-state index contributed by atoms with van der Waals surface area (Å²) in [4.78, 5) is 4.15. The van der Waals surface area contributed by atoms with E-state index in [4.69, 9.17) is 0 Å². The molecule has 1 aliphatic rings. The molecule has 0 radical (unpaired) electrons. The summed E-state index contributed by atoms with van der Waals surface area (Å²) >= 11 is 0. The van der Waals surface area contributed by atoms with Crippen LogP contribution in [0.15, 0.2) is 29.4 Å². The minimum absolute atomic E-state index is 0.295. The van der Waals surface area contributed by atoms with Gasteiger partial charge in [-0.25, -0.2) is 8.42 Å². The van der Waals surface area contributed by atoms with Crippen LogP contribution < -0.4 is 0 Å². The third-order valence-electron chi connectivity index (χ3n) is 2.89. The molecule has 4 nitrogen and oxygen atoms in total. The van der Waals surface area contributed by atoms with Crippen LogP contribution >= 0.6 is 0 Å². The van der Waals surface area contributed by atoms with Gasteiger partial charge >= 0.3 is 0 Å². The summed E-state index contributed by atoms with van der Waals surface area (Å²) in [5.74, 6) is 0.445. The maximum atomic E-state index is 12.2. The highest BCUT2D eigenvalue weighted by Gasteiger charge is 2.28. The Bertz CT molecular complexity index is 444. The predicted octanol–water partition coefficient (Wildman–Crippen LogP) is 1.50. The highest BCUT2D eigenvalue weighted by atomic mass is 32.2. The Morgan fingerprint density at radius 1 is 1.50 bits per heavy atom. The fourth-order valence-electron chi connectivity index (χ4n) is 2.01. The van der Waals surface area contributed by atoms with Gasteiger partial charge in [0.25, 0.3) is 0 Å². The van der Waals surface area contributed by atoms with Crippen LogP contribution in [0.2, 0.25) is 0 Å². The van der Waals surface area contributed by atoms with Gasteiger partial charge in [0.1, 0.15) is 4.90 Å². The van der Waals surface area contributed by atoms with Gasteiger partial charge in [0.15, 0.2) is 0 Å². The molecule has 1 saturated heterocycles. The third kappa shape index (κ3) is 2.25. The Hall–Kier alpha value is -0.940. The number of rotatable bonds is 2. The first-order valence-corrected chi connectivity index (χ1v) is 6.95. The van der Waals surface area contributed by atoms with Crippen LogP contribution in [0.4, 0.5) is 0 Å². The van der Waals surface area contributed by atoms with Crippen molar-refractivity contribution in [2.45, 2.75) is 24.7 Å². The van der Waals surface area contributed by atoms with Gasteiger partial charge in [-0.15, -0.1) is 0 Å². The van der Waals surface area contributed by atoms with Gasteiger partial charge in [0.2, 0.25) is 10.0 Å². The second-order valence-corrected chi connectivity index (χ2v) is 6.24. The summed E-state index contributed by atoms with van der Waals surface area (Å²) in [6.07, 6.45) is 5.05. The van der Waals surface area contributed by atoms with Crippen LogP contribution in [-0.4, -0.2) is 30.8 Å². The van der Waals surface area contributed by atoms with Gasteiger partial charge in [-0.3, -0.25) is 4.98 Å². The number of hydrogen-bond donors (Lipinski definition) is 0. The van der Waals surface area contributed by atoms with Crippen LogP contribution in [0.25, 0.3) is 0 Å². The monoisotopic (exact) mass is 240 g/mol. The van der Waals surface area contributed by atoms with E-state index in [1.54, 1.807) is 22.6 Å². The van der Waals surface area contributed by atoms with Crippen LogP contribution in [0.3, 0.4) is 0 Å². The van der Waals surface area contributed by atoms with Gasteiger partial charge in [0, 0.05) is 25.5 Å². The predicted molar refractivity (Wildman–Crippen MR) is 61.4 cm³/mol. The fraction of sp³-hybridized carbons (Fsp3) is 0.545. The van der Waals surface area contributed by atoms with Crippen molar-refractivity contribution in [1.82, 2.24) is 9.29 Å². The third-order valence-corrected chi connectivity index (χ3v) is 4.74. The van der Waals surface area contributed by atoms with Crippen molar-refractivity contribution >= 4 is 10.0 Å². The molecule has 5 heteroatoms. The largest absolute Gasteiger partial charge is 0.263 e. The lowest BCUT2D eigenvalue weighted by molar-refractivity contribution is 0.281. The first-order valence-electron chi connectivity index (χ1n) is 5.51. The van der Waals surface area contributed by atoms with Crippen molar-refractivity contribution in [1.29, 1.82) is 0 Å². The summed E-state index contributed by atoms with van der Waals surface area (Å²) in [5, 5.41) is 0. The molecule has 1 aromatic rings. The maximum Gasteiger partial charge on any atom is 0.244 e. The van der Waals surface area contributed by atoms with E-state index in [0.717, 1.165) is 12.8 Å². The minimum atomic E-state index is -3.32. The SMILES string of the molecule is CC1CCCN(S(=O)(=O)c2cccnc2)C1. The Balaban J connectivity index is 2.26. The van der Waals surface area contributed by atoms with E-state index < -0.39 is 10.0 Å². The lowest BCUT2D eigenvalue weighted by atomic mass is 10.0. The van der Waals surface area contributed by atoms with Crippen molar-refractivity contribution in [2.24, 2.45) is 5.92 Å². The van der Waals surface area contributed by atoms with Crippen LogP contribution in [0.1, 0.15) is 19.8 Å². The molecular formula is C11H16N2O2S. The van der Waals surface area contributed by atoms with E-state index in [-0.39, 0.29) is 0 Å². The Morgan fingerprint density at radius 3 is 2.94 bits per heavy atom. The van der Waals surface area contributed by atoms with Crippen LogP contribution in [0, 0.1) is 5.92 Å². The van der Waals surface area contributed by atoms with E-state index in [1.807, 2.05) is 0 Å². The number of nitrogens with zero attached hydrogens (tertiary/aromatic N) is 2. The highest BCUT2D eigenvalue weighted by Crippen LogP contribution is 2.22. The van der Waals surface area contributed by atoms with E-state index >= 15 is 0 Å². The summed E-state index contributed by atoms with van der Waals surface area (Å²) in [6.45, 7) is 3.34. The summed E-state index contributed by atoms with van der Waals surface area (Å²) in [6, 6.07) is 3.25. The van der Waals surface area contributed by atoms with Crippen molar-refractivity contribution in [3.63, 3.8) is 0 Å². The molecule has 1 atom stereocenters. The normalized spacial score (nSPS) is 23.2. The summed E-state index contributed by atoms with van der Waals surface area (Å²) in [5.41, 5.74) is 0. The molecule has 0 spiro atoms. The number of sulfonamides is 1. The quantitative estimate of drug-likeness (QED) is 0.787. The van der Waals surface area contributed by atoms with E-state index in [1.165, 1.54) is 6.20 Å². The molecule has 0 bridgehead atoms. The van der Waals surface area contributed by atoms with Gasteiger partial charge in [-0.1, -0.05) is 6.92 Å². The van der Waals surface area contributed by atoms with E-state index in [2.05, 4.69) is 11.9 Å². The Kier molecular flexibility index (Phi) is 3.25. The molecule has 2 heterocycles. The number of hydrogen-bond acceptors (Lipinski definition) is 3. The van der Waals surface area contributed by atoms with Crippen molar-refractivity contribution in [3.8, 4) is 0 Å². The molecular weight excluding hydrogens is 224 g/mol. The molecule has 0 saturated carbocycles. The fourth-order valence-corrected chi connectivity index (χ4v) is 3.58. The van der Waals surface area contributed by atoms with Crippen LogP contribution in [-0.2, 0) is 10.0 Å².